The highest BCUT2D eigenvalue weighted by Crippen LogP contribution is 2.21. The summed E-state index contributed by atoms with van der Waals surface area (Å²) in [5, 5.41) is 0. The van der Waals surface area contributed by atoms with Gasteiger partial charge < -0.3 is 10.5 Å². The molecule has 0 bridgehead atoms. The molecule has 0 aliphatic heterocycles. The highest BCUT2D eigenvalue weighted by Gasteiger charge is 2.15. The molecule has 0 amide bonds. The van der Waals surface area contributed by atoms with E-state index in [4.69, 9.17) is 10.5 Å². The van der Waals surface area contributed by atoms with Crippen molar-refractivity contribution in [2.24, 2.45) is 5.73 Å². The van der Waals surface area contributed by atoms with E-state index in [2.05, 4.69) is 32.9 Å². The van der Waals surface area contributed by atoms with Gasteiger partial charge in [-0.25, -0.2) is 0 Å². The molecule has 1 aromatic rings. The fraction of sp³-hybridized carbons (Fsp3) is 0.636. The summed E-state index contributed by atoms with van der Waals surface area (Å²) >= 11 is 1.73. The Kier molecular flexibility index (Phi) is 4.11. The minimum absolute atomic E-state index is 0.0210. The standard InChI is InChI=1S/C11H19NOS/c1-4-11(2,3)13-8-10-6-5-9(7-12)14-10/h5-6H,4,7-8,12H2,1-3H3. The molecule has 0 radical (unpaired) electrons. The van der Waals surface area contributed by atoms with Crippen molar-refractivity contribution in [1.29, 1.82) is 0 Å². The SMILES string of the molecule is CCC(C)(C)OCc1ccc(CN)s1. The molecule has 0 atom stereocenters. The van der Waals surface area contributed by atoms with Crippen molar-refractivity contribution in [3.63, 3.8) is 0 Å². The molecule has 1 heterocycles. The van der Waals surface area contributed by atoms with Crippen molar-refractivity contribution < 1.29 is 4.74 Å². The highest BCUT2D eigenvalue weighted by molar-refractivity contribution is 7.11. The van der Waals surface area contributed by atoms with E-state index in [0.29, 0.717) is 13.2 Å². The molecule has 0 aliphatic carbocycles. The molecule has 0 unspecified atom stereocenters. The second kappa shape index (κ2) is 4.91. The van der Waals surface area contributed by atoms with E-state index in [9.17, 15) is 0 Å². The molecule has 80 valence electrons. The maximum Gasteiger partial charge on any atom is 0.0816 e. The normalized spacial score (nSPS) is 12.0. The smallest absolute Gasteiger partial charge is 0.0816 e. The van der Waals surface area contributed by atoms with Crippen molar-refractivity contribution >= 4 is 11.3 Å². The molecule has 0 saturated heterocycles. The first-order valence-electron chi connectivity index (χ1n) is 4.99. The van der Waals surface area contributed by atoms with Crippen molar-refractivity contribution in [3.05, 3.63) is 21.9 Å². The van der Waals surface area contributed by atoms with E-state index in [1.165, 1.54) is 9.75 Å². The minimum Gasteiger partial charge on any atom is -0.370 e. The maximum atomic E-state index is 5.79. The van der Waals surface area contributed by atoms with Gasteiger partial charge in [0.15, 0.2) is 0 Å². The molecule has 2 nitrogen and oxygen atoms in total. The van der Waals surface area contributed by atoms with Gasteiger partial charge >= 0.3 is 0 Å². The Morgan fingerprint density at radius 1 is 1.36 bits per heavy atom. The third-order valence-corrected chi connectivity index (χ3v) is 3.46. The van der Waals surface area contributed by atoms with Crippen LogP contribution in [0.1, 0.15) is 36.9 Å². The van der Waals surface area contributed by atoms with Gasteiger partial charge in [-0.05, 0) is 32.4 Å². The van der Waals surface area contributed by atoms with Crippen molar-refractivity contribution in [1.82, 2.24) is 0 Å². The van der Waals surface area contributed by atoms with Crippen LogP contribution in [0.5, 0.6) is 0 Å². The second-order valence-electron chi connectivity index (χ2n) is 3.97. The van der Waals surface area contributed by atoms with Gasteiger partial charge in [0.05, 0.1) is 12.2 Å². The van der Waals surface area contributed by atoms with Crippen LogP contribution in [0.2, 0.25) is 0 Å². The Balaban J connectivity index is 2.45. The van der Waals surface area contributed by atoms with Crippen LogP contribution in [0, 0.1) is 0 Å². The first kappa shape index (κ1) is 11.7. The van der Waals surface area contributed by atoms with Gasteiger partial charge in [-0.3, -0.25) is 0 Å². The summed E-state index contributed by atoms with van der Waals surface area (Å²) < 4.78 is 5.79. The number of ether oxygens (including phenoxy) is 1. The van der Waals surface area contributed by atoms with Gasteiger partial charge in [0.1, 0.15) is 0 Å². The molecule has 2 N–H and O–H groups in total. The number of rotatable bonds is 5. The van der Waals surface area contributed by atoms with Crippen LogP contribution >= 0.6 is 11.3 Å². The number of hydrogen-bond donors (Lipinski definition) is 1. The van der Waals surface area contributed by atoms with Crippen LogP contribution in [0.4, 0.5) is 0 Å². The van der Waals surface area contributed by atoms with E-state index in [0.717, 1.165) is 6.42 Å². The summed E-state index contributed by atoms with van der Waals surface area (Å²) in [6, 6.07) is 4.17. The minimum atomic E-state index is -0.0210. The van der Waals surface area contributed by atoms with Crippen molar-refractivity contribution in [2.45, 2.75) is 45.9 Å². The van der Waals surface area contributed by atoms with Crippen molar-refractivity contribution in [3.8, 4) is 0 Å². The number of nitrogens with two attached hydrogens (primary N) is 1. The molecule has 0 fully saturated rings. The van der Waals surface area contributed by atoms with E-state index < -0.39 is 0 Å². The lowest BCUT2D eigenvalue weighted by atomic mass is 10.1. The maximum absolute atomic E-state index is 5.79. The largest absolute Gasteiger partial charge is 0.370 e. The molecule has 0 saturated carbocycles. The zero-order valence-corrected chi connectivity index (χ0v) is 9.99. The molecular formula is C11H19NOS. The van der Waals surface area contributed by atoms with Gasteiger partial charge in [0.2, 0.25) is 0 Å². The first-order chi connectivity index (χ1) is 6.57. The first-order valence-corrected chi connectivity index (χ1v) is 5.80. The Hall–Kier alpha value is -0.380. The zero-order chi connectivity index (χ0) is 10.6. The average Bonchev–Trinajstić information content (AvgIpc) is 2.63. The van der Waals surface area contributed by atoms with Gasteiger partial charge in [-0.2, -0.15) is 0 Å². The summed E-state index contributed by atoms with van der Waals surface area (Å²) in [5.41, 5.74) is 5.52. The molecule has 3 heteroatoms. The van der Waals surface area contributed by atoms with Gasteiger partial charge in [-0.15, -0.1) is 11.3 Å². The van der Waals surface area contributed by atoms with E-state index in [1.807, 2.05) is 0 Å². The Labute approximate surface area is 90.1 Å². The summed E-state index contributed by atoms with van der Waals surface area (Å²) in [6.07, 6.45) is 1.03. The molecule has 0 aliphatic rings. The summed E-state index contributed by atoms with van der Waals surface area (Å²) in [7, 11) is 0. The fourth-order valence-corrected chi connectivity index (χ4v) is 1.79. The highest BCUT2D eigenvalue weighted by atomic mass is 32.1. The quantitative estimate of drug-likeness (QED) is 0.816. The molecular weight excluding hydrogens is 194 g/mol. The predicted molar refractivity (Wildman–Crippen MR) is 61.4 cm³/mol. The summed E-state index contributed by atoms with van der Waals surface area (Å²) in [6.45, 7) is 7.70. The summed E-state index contributed by atoms with van der Waals surface area (Å²) in [4.78, 5) is 2.48. The van der Waals surface area contributed by atoms with E-state index in [-0.39, 0.29) is 5.60 Å². The van der Waals surface area contributed by atoms with Gasteiger partial charge in [0.25, 0.3) is 0 Å². The van der Waals surface area contributed by atoms with E-state index in [1.54, 1.807) is 11.3 Å². The lowest BCUT2D eigenvalue weighted by Gasteiger charge is -2.22. The third kappa shape index (κ3) is 3.40. The Bertz CT molecular complexity index is 281. The monoisotopic (exact) mass is 213 g/mol. The van der Waals surface area contributed by atoms with Crippen LogP contribution in [-0.2, 0) is 17.9 Å². The molecule has 1 rings (SSSR count). The molecule has 0 aromatic carbocycles. The van der Waals surface area contributed by atoms with Crippen LogP contribution < -0.4 is 5.73 Å². The number of hydrogen-bond acceptors (Lipinski definition) is 3. The topological polar surface area (TPSA) is 35.2 Å². The van der Waals surface area contributed by atoms with Gasteiger partial charge in [0, 0.05) is 16.3 Å². The molecule has 0 spiro atoms. The lowest BCUT2D eigenvalue weighted by Crippen LogP contribution is -2.22. The van der Waals surface area contributed by atoms with Crippen molar-refractivity contribution in [2.75, 3.05) is 0 Å². The summed E-state index contributed by atoms with van der Waals surface area (Å²) in [5.74, 6) is 0. The van der Waals surface area contributed by atoms with Gasteiger partial charge in [-0.1, -0.05) is 6.92 Å². The second-order valence-corrected chi connectivity index (χ2v) is 5.23. The zero-order valence-electron chi connectivity index (χ0n) is 9.17. The predicted octanol–water partition coefficient (Wildman–Crippen LogP) is 2.91. The Morgan fingerprint density at radius 3 is 2.50 bits per heavy atom. The Morgan fingerprint density at radius 2 is 2.00 bits per heavy atom. The lowest BCUT2D eigenvalue weighted by molar-refractivity contribution is -0.0304. The van der Waals surface area contributed by atoms with Crippen LogP contribution in [-0.4, -0.2) is 5.60 Å². The number of thiophene rings is 1. The molecule has 14 heavy (non-hydrogen) atoms. The molecule has 1 aromatic heterocycles. The van der Waals surface area contributed by atoms with Crippen LogP contribution in [0.25, 0.3) is 0 Å². The fourth-order valence-electron chi connectivity index (χ4n) is 0.978. The van der Waals surface area contributed by atoms with Crippen LogP contribution in [0.15, 0.2) is 12.1 Å². The van der Waals surface area contributed by atoms with Crippen LogP contribution in [0.3, 0.4) is 0 Å². The average molecular weight is 213 g/mol. The van der Waals surface area contributed by atoms with E-state index >= 15 is 0 Å². The third-order valence-electron chi connectivity index (χ3n) is 2.38.